The van der Waals surface area contributed by atoms with Gasteiger partial charge in [-0.25, -0.2) is 4.98 Å². The Morgan fingerprint density at radius 3 is 2.21 bits per heavy atom. The lowest BCUT2D eigenvalue weighted by atomic mass is 10.1. The summed E-state index contributed by atoms with van der Waals surface area (Å²) in [5, 5.41) is 0.769. The van der Waals surface area contributed by atoms with Crippen LogP contribution in [0.3, 0.4) is 0 Å². The van der Waals surface area contributed by atoms with Crippen LogP contribution in [0, 0.1) is 0 Å². The summed E-state index contributed by atoms with van der Waals surface area (Å²) in [6.45, 7) is 2.00. The number of thioether (sulfide) groups is 1. The lowest BCUT2D eigenvalue weighted by Crippen LogP contribution is -2.51. The van der Waals surface area contributed by atoms with Gasteiger partial charge in [0.25, 0.3) is 5.91 Å². The molecule has 4 aromatic rings. The number of rotatable bonds is 6. The maximum absolute atomic E-state index is 12.9. The summed E-state index contributed by atoms with van der Waals surface area (Å²) in [5.74, 6) is 0.519. The van der Waals surface area contributed by atoms with Gasteiger partial charge in [-0.05, 0) is 24.3 Å². The molecule has 0 saturated carbocycles. The van der Waals surface area contributed by atoms with Crippen molar-refractivity contribution >= 4 is 23.6 Å². The molecule has 172 valence electrons. The van der Waals surface area contributed by atoms with Crippen LogP contribution in [0.1, 0.15) is 10.6 Å². The predicted molar refractivity (Wildman–Crippen MR) is 131 cm³/mol. The quantitative estimate of drug-likeness (QED) is 0.393. The molecule has 0 bridgehead atoms. The molecule has 7 nitrogen and oxygen atoms in total. The van der Waals surface area contributed by atoms with Crippen LogP contribution in [0.15, 0.2) is 94.8 Å². The molecule has 0 N–H and O–H groups in total. The molecule has 34 heavy (non-hydrogen) atoms. The zero-order valence-electron chi connectivity index (χ0n) is 18.5. The minimum Gasteiger partial charge on any atom is -0.459 e. The maximum atomic E-state index is 12.9. The van der Waals surface area contributed by atoms with E-state index in [1.807, 2.05) is 59.6 Å². The second-order valence-corrected chi connectivity index (χ2v) is 8.84. The highest BCUT2D eigenvalue weighted by Crippen LogP contribution is 2.30. The number of benzene rings is 2. The number of nitrogens with zero attached hydrogens (tertiary/aromatic N) is 4. The summed E-state index contributed by atoms with van der Waals surface area (Å²) >= 11 is 1.43. The number of imidazole rings is 1. The van der Waals surface area contributed by atoms with Gasteiger partial charge < -0.3 is 14.2 Å². The minimum absolute atomic E-state index is 0.0407. The summed E-state index contributed by atoms with van der Waals surface area (Å²) in [5.41, 5.74) is 3.04. The standard InChI is InChI=1S/C26H24N4O3S/c31-24(28-13-15-29(16-14-28)25(32)23-12-7-17-33-23)19-34-26-27-18-22(20-8-3-1-4-9-20)30(26)21-10-5-2-6-11-21/h1-12,17-18H,13-16,19H2. The Morgan fingerprint density at radius 1 is 0.853 bits per heavy atom. The van der Waals surface area contributed by atoms with E-state index < -0.39 is 0 Å². The van der Waals surface area contributed by atoms with Gasteiger partial charge in [0, 0.05) is 37.4 Å². The van der Waals surface area contributed by atoms with Crippen molar-refractivity contribution in [3.05, 3.63) is 91.0 Å². The van der Waals surface area contributed by atoms with E-state index in [4.69, 9.17) is 4.42 Å². The zero-order chi connectivity index (χ0) is 23.3. The van der Waals surface area contributed by atoms with Gasteiger partial charge >= 0.3 is 0 Å². The first-order valence-electron chi connectivity index (χ1n) is 11.1. The highest BCUT2D eigenvalue weighted by atomic mass is 32.2. The topological polar surface area (TPSA) is 71.6 Å². The fourth-order valence-corrected chi connectivity index (χ4v) is 4.90. The van der Waals surface area contributed by atoms with Crippen LogP contribution in [0.2, 0.25) is 0 Å². The van der Waals surface area contributed by atoms with Crippen LogP contribution in [0.5, 0.6) is 0 Å². The van der Waals surface area contributed by atoms with Crippen molar-refractivity contribution in [2.45, 2.75) is 5.16 Å². The number of piperazine rings is 1. The van der Waals surface area contributed by atoms with Gasteiger partial charge in [-0.1, -0.05) is 60.3 Å². The smallest absolute Gasteiger partial charge is 0.289 e. The van der Waals surface area contributed by atoms with Gasteiger partial charge in [-0.3, -0.25) is 14.2 Å². The van der Waals surface area contributed by atoms with E-state index in [1.165, 1.54) is 18.0 Å². The molecule has 0 unspecified atom stereocenters. The third kappa shape index (κ3) is 4.63. The Kier molecular flexibility index (Phi) is 6.49. The molecule has 8 heteroatoms. The lowest BCUT2D eigenvalue weighted by molar-refractivity contribution is -0.129. The first-order chi connectivity index (χ1) is 16.7. The van der Waals surface area contributed by atoms with Gasteiger partial charge in [0.15, 0.2) is 10.9 Å². The molecule has 0 spiro atoms. The highest BCUT2D eigenvalue weighted by molar-refractivity contribution is 7.99. The van der Waals surface area contributed by atoms with Crippen LogP contribution in [0.25, 0.3) is 16.9 Å². The van der Waals surface area contributed by atoms with Crippen LogP contribution < -0.4 is 0 Å². The van der Waals surface area contributed by atoms with Crippen molar-refractivity contribution in [1.82, 2.24) is 19.4 Å². The largest absolute Gasteiger partial charge is 0.459 e. The minimum atomic E-state index is -0.134. The first-order valence-corrected chi connectivity index (χ1v) is 12.1. The van der Waals surface area contributed by atoms with Crippen molar-refractivity contribution in [2.24, 2.45) is 0 Å². The van der Waals surface area contributed by atoms with Gasteiger partial charge in [0.2, 0.25) is 5.91 Å². The van der Waals surface area contributed by atoms with Crippen molar-refractivity contribution in [1.29, 1.82) is 0 Å². The molecular formula is C26H24N4O3S. The van der Waals surface area contributed by atoms with E-state index in [0.29, 0.717) is 31.9 Å². The molecule has 3 heterocycles. The second kappa shape index (κ2) is 10.0. The Balaban J connectivity index is 1.26. The third-order valence-electron chi connectivity index (χ3n) is 5.79. The molecule has 0 radical (unpaired) electrons. The predicted octanol–water partition coefficient (Wildman–Crippen LogP) is 4.21. The summed E-state index contributed by atoms with van der Waals surface area (Å²) in [6, 6.07) is 23.5. The van der Waals surface area contributed by atoms with E-state index in [1.54, 1.807) is 17.0 Å². The maximum Gasteiger partial charge on any atom is 0.289 e. The number of carbonyl (C=O) groups is 2. The number of aromatic nitrogens is 2. The normalized spacial score (nSPS) is 13.8. The SMILES string of the molecule is O=C(CSc1ncc(-c2ccccc2)n1-c1ccccc1)N1CCN(C(=O)c2ccco2)CC1. The van der Waals surface area contributed by atoms with Crippen LogP contribution >= 0.6 is 11.8 Å². The number of furan rings is 1. The molecular weight excluding hydrogens is 448 g/mol. The molecule has 1 fully saturated rings. The van der Waals surface area contributed by atoms with Crippen LogP contribution in [-0.4, -0.2) is 63.1 Å². The fourth-order valence-electron chi connectivity index (χ4n) is 4.01. The summed E-state index contributed by atoms with van der Waals surface area (Å²) in [6.07, 6.45) is 3.35. The Labute approximate surface area is 202 Å². The van der Waals surface area contributed by atoms with Gasteiger partial charge in [0.1, 0.15) is 0 Å². The van der Waals surface area contributed by atoms with Crippen molar-refractivity contribution < 1.29 is 14.0 Å². The number of amides is 2. The molecule has 5 rings (SSSR count). The van der Waals surface area contributed by atoms with Crippen LogP contribution in [0.4, 0.5) is 0 Å². The Hall–Kier alpha value is -3.78. The number of hydrogen-bond donors (Lipinski definition) is 0. The number of para-hydroxylation sites is 1. The van der Waals surface area contributed by atoms with Crippen molar-refractivity contribution in [2.75, 3.05) is 31.9 Å². The average Bonchev–Trinajstić information content (AvgIpc) is 3.59. The molecule has 1 aliphatic rings. The van der Waals surface area contributed by atoms with Crippen LogP contribution in [-0.2, 0) is 4.79 Å². The molecule has 2 aromatic carbocycles. The summed E-state index contributed by atoms with van der Waals surface area (Å²) in [4.78, 5) is 33.6. The summed E-state index contributed by atoms with van der Waals surface area (Å²) in [7, 11) is 0. The fraction of sp³-hybridized carbons (Fsp3) is 0.192. The number of carbonyl (C=O) groups excluding carboxylic acids is 2. The molecule has 2 amide bonds. The Morgan fingerprint density at radius 2 is 1.53 bits per heavy atom. The third-order valence-corrected chi connectivity index (χ3v) is 6.73. The number of hydrogen-bond acceptors (Lipinski definition) is 5. The van der Waals surface area contributed by atoms with E-state index in [-0.39, 0.29) is 17.6 Å². The second-order valence-electron chi connectivity index (χ2n) is 7.90. The van der Waals surface area contributed by atoms with E-state index in [9.17, 15) is 9.59 Å². The van der Waals surface area contributed by atoms with E-state index in [0.717, 1.165) is 22.1 Å². The lowest BCUT2D eigenvalue weighted by Gasteiger charge is -2.34. The van der Waals surface area contributed by atoms with Gasteiger partial charge in [0.05, 0.1) is 23.9 Å². The van der Waals surface area contributed by atoms with E-state index in [2.05, 4.69) is 21.7 Å². The van der Waals surface area contributed by atoms with Crippen molar-refractivity contribution in [3.63, 3.8) is 0 Å². The molecule has 1 aliphatic heterocycles. The van der Waals surface area contributed by atoms with Gasteiger partial charge in [-0.2, -0.15) is 0 Å². The first kappa shape index (κ1) is 22.0. The summed E-state index contributed by atoms with van der Waals surface area (Å²) < 4.78 is 7.30. The highest BCUT2D eigenvalue weighted by Gasteiger charge is 2.26. The molecule has 2 aromatic heterocycles. The van der Waals surface area contributed by atoms with E-state index >= 15 is 0 Å². The monoisotopic (exact) mass is 472 g/mol. The molecule has 0 aliphatic carbocycles. The zero-order valence-corrected chi connectivity index (χ0v) is 19.4. The van der Waals surface area contributed by atoms with Crippen molar-refractivity contribution in [3.8, 4) is 16.9 Å². The molecule has 1 saturated heterocycles. The molecule has 0 atom stereocenters. The average molecular weight is 473 g/mol. The van der Waals surface area contributed by atoms with Gasteiger partial charge in [-0.15, -0.1) is 0 Å². The Bertz CT molecular complexity index is 1250.